The van der Waals surface area contributed by atoms with E-state index in [4.69, 9.17) is 0 Å². The van der Waals surface area contributed by atoms with Crippen LogP contribution in [0.3, 0.4) is 0 Å². The Morgan fingerprint density at radius 2 is 1.72 bits per heavy atom. The number of anilines is 1. The summed E-state index contributed by atoms with van der Waals surface area (Å²) in [7, 11) is -3.54. The molecule has 3 rings (SSSR count). The van der Waals surface area contributed by atoms with E-state index >= 15 is 0 Å². The van der Waals surface area contributed by atoms with Crippen molar-refractivity contribution in [2.75, 3.05) is 18.4 Å². The van der Waals surface area contributed by atoms with Gasteiger partial charge < -0.3 is 5.32 Å². The molecule has 25 heavy (non-hydrogen) atoms. The van der Waals surface area contributed by atoms with Crippen molar-refractivity contribution < 1.29 is 13.2 Å². The first-order chi connectivity index (χ1) is 11.9. The predicted molar refractivity (Wildman–Crippen MR) is 106 cm³/mol. The zero-order valence-corrected chi connectivity index (χ0v) is 16.8. The molecule has 2 aromatic rings. The van der Waals surface area contributed by atoms with Crippen LogP contribution >= 0.6 is 22.6 Å². The van der Waals surface area contributed by atoms with Gasteiger partial charge in [0.15, 0.2) is 0 Å². The van der Waals surface area contributed by atoms with Crippen LogP contribution in [0.2, 0.25) is 0 Å². The number of amides is 1. The van der Waals surface area contributed by atoms with E-state index in [2.05, 4.69) is 27.9 Å². The highest BCUT2D eigenvalue weighted by Gasteiger charge is 2.28. The van der Waals surface area contributed by atoms with Crippen molar-refractivity contribution in [1.29, 1.82) is 0 Å². The lowest BCUT2D eigenvalue weighted by molar-refractivity contribution is 0.102. The Morgan fingerprint density at radius 3 is 2.36 bits per heavy atom. The van der Waals surface area contributed by atoms with Gasteiger partial charge in [-0.05, 0) is 84.3 Å². The van der Waals surface area contributed by atoms with Gasteiger partial charge in [0.25, 0.3) is 5.91 Å². The molecule has 1 amide bonds. The van der Waals surface area contributed by atoms with E-state index in [-0.39, 0.29) is 10.8 Å². The first-order valence-electron chi connectivity index (χ1n) is 8.05. The maximum Gasteiger partial charge on any atom is 0.255 e. The third-order valence-corrected chi connectivity index (χ3v) is 6.87. The fourth-order valence-electron chi connectivity index (χ4n) is 2.82. The van der Waals surface area contributed by atoms with Gasteiger partial charge in [0.1, 0.15) is 0 Å². The number of benzene rings is 2. The van der Waals surface area contributed by atoms with Gasteiger partial charge >= 0.3 is 0 Å². The Morgan fingerprint density at radius 1 is 1.08 bits per heavy atom. The lowest BCUT2D eigenvalue weighted by Gasteiger charge is -2.17. The van der Waals surface area contributed by atoms with E-state index in [0.717, 1.165) is 22.0 Å². The summed E-state index contributed by atoms with van der Waals surface area (Å²) in [6, 6.07) is 12.2. The summed E-state index contributed by atoms with van der Waals surface area (Å²) in [5.74, 6) is -0.308. The Kier molecular flexibility index (Phi) is 5.45. The van der Waals surface area contributed by atoms with Gasteiger partial charge in [-0.1, -0.05) is 6.07 Å². The average molecular weight is 470 g/mol. The van der Waals surface area contributed by atoms with Crippen molar-refractivity contribution in [3.05, 3.63) is 57.2 Å². The molecular formula is C18H19IN2O3S. The smallest absolute Gasteiger partial charge is 0.255 e. The van der Waals surface area contributed by atoms with Crippen LogP contribution in [0.25, 0.3) is 0 Å². The molecule has 7 heteroatoms. The Hall–Kier alpha value is -1.45. The predicted octanol–water partition coefficient (Wildman–Crippen LogP) is 3.64. The molecule has 0 aromatic heterocycles. The van der Waals surface area contributed by atoms with E-state index in [0.29, 0.717) is 24.3 Å². The summed E-state index contributed by atoms with van der Waals surface area (Å²) in [5.41, 5.74) is 1.79. The monoisotopic (exact) mass is 470 g/mol. The molecule has 0 aliphatic carbocycles. The van der Waals surface area contributed by atoms with Crippen LogP contribution in [0.5, 0.6) is 0 Å². The summed E-state index contributed by atoms with van der Waals surface area (Å²) in [6.45, 7) is 2.88. The molecule has 0 unspecified atom stereocenters. The van der Waals surface area contributed by atoms with E-state index in [1.165, 1.54) is 10.4 Å². The van der Waals surface area contributed by atoms with Crippen LogP contribution < -0.4 is 5.32 Å². The second-order valence-corrected chi connectivity index (χ2v) is 9.23. The zero-order valence-electron chi connectivity index (χ0n) is 13.8. The zero-order chi connectivity index (χ0) is 18.0. The molecule has 1 aliphatic heterocycles. The number of sulfonamides is 1. The van der Waals surface area contributed by atoms with E-state index < -0.39 is 10.0 Å². The van der Waals surface area contributed by atoms with Crippen LogP contribution in [-0.2, 0) is 10.0 Å². The van der Waals surface area contributed by atoms with Gasteiger partial charge in [-0.2, -0.15) is 4.31 Å². The maximum absolute atomic E-state index is 12.7. The highest BCUT2D eigenvalue weighted by atomic mass is 127. The molecule has 5 nitrogen and oxygen atoms in total. The van der Waals surface area contributed by atoms with Crippen LogP contribution in [0, 0.1) is 10.5 Å². The summed E-state index contributed by atoms with van der Waals surface area (Å²) >= 11 is 2.19. The van der Waals surface area contributed by atoms with Crippen LogP contribution in [0.1, 0.15) is 28.8 Å². The lowest BCUT2D eigenvalue weighted by Crippen LogP contribution is -2.28. The number of carbonyl (C=O) groups is 1. The van der Waals surface area contributed by atoms with Gasteiger partial charge in [0.2, 0.25) is 10.0 Å². The first kappa shape index (κ1) is 18.3. The largest absolute Gasteiger partial charge is 0.322 e. The highest BCUT2D eigenvalue weighted by Crippen LogP contribution is 2.23. The van der Waals surface area contributed by atoms with Crippen LogP contribution in [-0.4, -0.2) is 31.7 Å². The number of carbonyl (C=O) groups excluding carboxylic acids is 1. The fraction of sp³-hybridized carbons (Fsp3) is 0.278. The van der Waals surface area contributed by atoms with Crippen LogP contribution in [0.4, 0.5) is 5.69 Å². The van der Waals surface area contributed by atoms with Gasteiger partial charge in [0, 0.05) is 27.9 Å². The third kappa shape index (κ3) is 4.04. The second-order valence-electron chi connectivity index (χ2n) is 6.05. The van der Waals surface area contributed by atoms with Crippen molar-refractivity contribution in [2.45, 2.75) is 24.7 Å². The highest BCUT2D eigenvalue weighted by molar-refractivity contribution is 14.1. The molecule has 0 spiro atoms. The molecule has 132 valence electrons. The third-order valence-electron chi connectivity index (χ3n) is 4.26. The van der Waals surface area contributed by atoms with Crippen molar-refractivity contribution in [3.8, 4) is 0 Å². The lowest BCUT2D eigenvalue weighted by atomic mass is 10.1. The minimum atomic E-state index is -3.54. The maximum atomic E-state index is 12.7. The molecule has 1 N–H and O–H groups in total. The minimum absolute atomic E-state index is 0.174. The average Bonchev–Trinajstić information content (AvgIpc) is 3.12. The molecule has 2 aromatic carbocycles. The van der Waals surface area contributed by atoms with Crippen molar-refractivity contribution >= 4 is 44.2 Å². The number of nitrogens with zero attached hydrogens (tertiary/aromatic N) is 1. The summed E-state index contributed by atoms with van der Waals surface area (Å²) in [4.78, 5) is 12.8. The molecule has 1 saturated heterocycles. The minimum Gasteiger partial charge on any atom is -0.322 e. The summed E-state index contributed by atoms with van der Waals surface area (Å²) < 4.78 is 28.0. The molecule has 1 fully saturated rings. The van der Waals surface area contributed by atoms with E-state index in [1.807, 2.05) is 24.3 Å². The number of nitrogens with one attached hydrogen (secondary N) is 1. The summed E-state index contributed by atoms with van der Waals surface area (Å²) in [5, 5.41) is 2.82. The van der Waals surface area contributed by atoms with Crippen LogP contribution in [0.15, 0.2) is 47.4 Å². The van der Waals surface area contributed by atoms with E-state index in [1.54, 1.807) is 19.1 Å². The van der Waals surface area contributed by atoms with Gasteiger partial charge in [-0.25, -0.2) is 8.42 Å². The topological polar surface area (TPSA) is 66.5 Å². The standard InChI is InChI=1S/C18H19IN2O3S/c1-13-4-9-16(25(23,24)21-10-2-3-11-21)12-17(13)18(22)20-15-7-5-14(19)6-8-15/h4-9,12H,2-3,10-11H2,1H3,(H,20,22). The Labute approximate surface area is 161 Å². The molecule has 1 aliphatic rings. The number of rotatable bonds is 4. The molecule has 0 radical (unpaired) electrons. The summed E-state index contributed by atoms with van der Waals surface area (Å²) in [6.07, 6.45) is 1.76. The van der Waals surface area contributed by atoms with Crippen molar-refractivity contribution in [2.24, 2.45) is 0 Å². The molecular weight excluding hydrogens is 451 g/mol. The quantitative estimate of drug-likeness (QED) is 0.695. The molecule has 1 heterocycles. The van der Waals surface area contributed by atoms with Crippen molar-refractivity contribution in [3.63, 3.8) is 0 Å². The molecule has 0 saturated carbocycles. The van der Waals surface area contributed by atoms with Gasteiger partial charge in [-0.3, -0.25) is 4.79 Å². The first-order valence-corrected chi connectivity index (χ1v) is 10.6. The number of hydrogen-bond acceptors (Lipinski definition) is 3. The number of halogens is 1. The van der Waals surface area contributed by atoms with E-state index in [9.17, 15) is 13.2 Å². The number of hydrogen-bond donors (Lipinski definition) is 1. The normalized spacial score (nSPS) is 15.3. The SMILES string of the molecule is Cc1ccc(S(=O)(=O)N2CCCC2)cc1C(=O)Nc1ccc(I)cc1. The van der Waals surface area contributed by atoms with Crippen molar-refractivity contribution in [1.82, 2.24) is 4.31 Å². The second kappa shape index (κ2) is 7.43. The Bertz CT molecular complexity index is 889. The molecule has 0 atom stereocenters. The number of aryl methyl sites for hydroxylation is 1. The molecule has 0 bridgehead atoms. The fourth-order valence-corrected chi connectivity index (χ4v) is 4.72. The van der Waals surface area contributed by atoms with Gasteiger partial charge in [0.05, 0.1) is 4.90 Å². The Balaban J connectivity index is 1.88. The van der Waals surface area contributed by atoms with Gasteiger partial charge in [-0.15, -0.1) is 0 Å².